The number of carbonyl (C=O) groups excluding carboxylic acids is 3. The zero-order valence-electron chi connectivity index (χ0n) is 20.3. The molecule has 2 rings (SSSR count). The van der Waals surface area contributed by atoms with Gasteiger partial charge in [-0.25, -0.2) is 4.79 Å². The molecular formula is C25H33N3O6. The highest BCUT2D eigenvalue weighted by molar-refractivity contribution is 5.90. The zero-order valence-corrected chi connectivity index (χ0v) is 20.3. The Kier molecular flexibility index (Phi) is 9.73. The van der Waals surface area contributed by atoms with Crippen LogP contribution in [-0.2, 0) is 27.3 Å². The summed E-state index contributed by atoms with van der Waals surface area (Å²) < 4.78 is 15.6. The van der Waals surface area contributed by atoms with Crippen LogP contribution in [0.25, 0.3) is 0 Å². The molecule has 3 amide bonds. The molecule has 0 saturated heterocycles. The van der Waals surface area contributed by atoms with Crippen molar-refractivity contribution in [1.29, 1.82) is 0 Å². The van der Waals surface area contributed by atoms with Crippen LogP contribution in [0.1, 0.15) is 38.3 Å². The maximum absolute atomic E-state index is 12.3. The molecule has 0 bridgehead atoms. The Hall–Kier alpha value is -3.75. The van der Waals surface area contributed by atoms with E-state index in [-0.39, 0.29) is 18.4 Å². The number of amides is 3. The number of carbonyl (C=O) groups is 3. The highest BCUT2D eigenvalue weighted by Gasteiger charge is 2.16. The fourth-order valence-electron chi connectivity index (χ4n) is 2.95. The summed E-state index contributed by atoms with van der Waals surface area (Å²) in [5.74, 6) is 0.831. The van der Waals surface area contributed by atoms with Gasteiger partial charge in [0.2, 0.25) is 11.8 Å². The van der Waals surface area contributed by atoms with E-state index in [1.165, 1.54) is 0 Å². The zero-order chi connectivity index (χ0) is 25.1. The third-order valence-electron chi connectivity index (χ3n) is 4.61. The summed E-state index contributed by atoms with van der Waals surface area (Å²) in [7, 11) is 3.15. The highest BCUT2D eigenvalue weighted by Crippen LogP contribution is 2.28. The Morgan fingerprint density at radius 3 is 2.09 bits per heavy atom. The number of rotatable bonds is 10. The van der Waals surface area contributed by atoms with Crippen LogP contribution in [0.3, 0.4) is 0 Å². The normalized spacial score (nSPS) is 10.7. The standard InChI is InChI=1S/C25H33N3O6/c1-25(2,3)34-24(31)27-16-23(30)26-15-18-6-10-19(11-7-18)28-22(29)13-9-17-8-12-20(32-4)21(14-17)33-5/h6-8,10-12,14H,9,13,15-16H2,1-5H3,(H,26,30)(H,27,31)(H,28,29). The van der Waals surface area contributed by atoms with Gasteiger partial charge in [0.05, 0.1) is 14.2 Å². The van der Waals surface area contributed by atoms with E-state index in [2.05, 4.69) is 16.0 Å². The average Bonchev–Trinajstić information content (AvgIpc) is 2.79. The fourth-order valence-corrected chi connectivity index (χ4v) is 2.95. The lowest BCUT2D eigenvalue weighted by Crippen LogP contribution is -2.39. The summed E-state index contributed by atoms with van der Waals surface area (Å²) in [6, 6.07) is 12.7. The minimum absolute atomic E-state index is 0.107. The van der Waals surface area contributed by atoms with Gasteiger partial charge in [-0.15, -0.1) is 0 Å². The molecule has 0 spiro atoms. The largest absolute Gasteiger partial charge is 0.493 e. The minimum atomic E-state index is -0.645. The van der Waals surface area contributed by atoms with Crippen LogP contribution in [0.2, 0.25) is 0 Å². The molecule has 0 aliphatic rings. The van der Waals surface area contributed by atoms with Crippen LogP contribution in [0.4, 0.5) is 10.5 Å². The predicted octanol–water partition coefficient (Wildman–Crippen LogP) is 3.42. The van der Waals surface area contributed by atoms with Gasteiger partial charge in [-0.3, -0.25) is 9.59 Å². The molecule has 0 aromatic heterocycles. The van der Waals surface area contributed by atoms with E-state index in [0.717, 1.165) is 11.1 Å². The van der Waals surface area contributed by atoms with Crippen LogP contribution in [0.5, 0.6) is 11.5 Å². The van der Waals surface area contributed by atoms with Crippen molar-refractivity contribution in [3.8, 4) is 11.5 Å². The van der Waals surface area contributed by atoms with Gasteiger partial charge in [-0.1, -0.05) is 18.2 Å². The van der Waals surface area contributed by atoms with Gasteiger partial charge in [-0.05, 0) is 62.6 Å². The van der Waals surface area contributed by atoms with Crippen molar-refractivity contribution in [2.45, 2.75) is 45.8 Å². The summed E-state index contributed by atoms with van der Waals surface area (Å²) in [6.07, 6.45) is 0.236. The summed E-state index contributed by atoms with van der Waals surface area (Å²) in [6.45, 7) is 5.36. The van der Waals surface area contributed by atoms with Crippen molar-refractivity contribution in [3.05, 3.63) is 53.6 Å². The Labute approximate surface area is 200 Å². The number of ether oxygens (including phenoxy) is 3. The van der Waals surface area contributed by atoms with E-state index in [1.807, 2.05) is 30.3 Å². The van der Waals surface area contributed by atoms with Crippen LogP contribution in [-0.4, -0.2) is 44.3 Å². The van der Waals surface area contributed by atoms with Crippen LogP contribution in [0, 0.1) is 0 Å². The van der Waals surface area contributed by atoms with Crippen LogP contribution < -0.4 is 25.4 Å². The smallest absolute Gasteiger partial charge is 0.408 e. The van der Waals surface area contributed by atoms with E-state index < -0.39 is 11.7 Å². The molecule has 0 radical (unpaired) electrons. The number of alkyl carbamates (subject to hydrolysis) is 1. The van der Waals surface area contributed by atoms with Gasteiger partial charge in [0, 0.05) is 18.7 Å². The van der Waals surface area contributed by atoms with E-state index >= 15 is 0 Å². The molecule has 0 saturated carbocycles. The molecule has 0 aliphatic heterocycles. The Morgan fingerprint density at radius 1 is 0.824 bits per heavy atom. The number of anilines is 1. The molecule has 2 aromatic rings. The number of aryl methyl sites for hydroxylation is 1. The molecule has 184 valence electrons. The number of hydrogen-bond acceptors (Lipinski definition) is 6. The number of benzene rings is 2. The van der Waals surface area contributed by atoms with Crippen LogP contribution >= 0.6 is 0 Å². The first-order chi connectivity index (χ1) is 16.1. The highest BCUT2D eigenvalue weighted by atomic mass is 16.6. The molecule has 9 nitrogen and oxygen atoms in total. The lowest BCUT2D eigenvalue weighted by Gasteiger charge is -2.19. The van der Waals surface area contributed by atoms with E-state index in [4.69, 9.17) is 14.2 Å². The summed E-state index contributed by atoms with van der Waals surface area (Å²) in [5, 5.41) is 7.99. The van der Waals surface area contributed by atoms with Crippen molar-refractivity contribution < 1.29 is 28.6 Å². The molecule has 0 fully saturated rings. The van der Waals surface area contributed by atoms with E-state index in [0.29, 0.717) is 36.6 Å². The van der Waals surface area contributed by atoms with Crippen molar-refractivity contribution in [2.75, 3.05) is 26.1 Å². The number of nitrogens with one attached hydrogen (secondary N) is 3. The van der Waals surface area contributed by atoms with E-state index in [1.54, 1.807) is 47.1 Å². The molecule has 0 aliphatic carbocycles. The third kappa shape index (κ3) is 9.40. The molecule has 0 atom stereocenters. The predicted molar refractivity (Wildman–Crippen MR) is 129 cm³/mol. The monoisotopic (exact) mass is 471 g/mol. The third-order valence-corrected chi connectivity index (χ3v) is 4.61. The first kappa shape index (κ1) is 26.5. The Morgan fingerprint density at radius 2 is 1.47 bits per heavy atom. The molecule has 2 aromatic carbocycles. The first-order valence-corrected chi connectivity index (χ1v) is 10.9. The van der Waals surface area contributed by atoms with Gasteiger partial charge >= 0.3 is 6.09 Å². The molecule has 34 heavy (non-hydrogen) atoms. The van der Waals surface area contributed by atoms with Gasteiger partial charge < -0.3 is 30.2 Å². The fraction of sp³-hybridized carbons (Fsp3) is 0.400. The Bertz CT molecular complexity index is 983. The quantitative estimate of drug-likeness (QED) is 0.489. The number of hydrogen-bond donors (Lipinski definition) is 3. The topological polar surface area (TPSA) is 115 Å². The van der Waals surface area contributed by atoms with E-state index in [9.17, 15) is 14.4 Å². The van der Waals surface area contributed by atoms with Gasteiger partial charge in [0.1, 0.15) is 12.1 Å². The Balaban J connectivity index is 1.74. The molecule has 3 N–H and O–H groups in total. The molecule has 9 heteroatoms. The second-order valence-corrected chi connectivity index (χ2v) is 8.57. The second-order valence-electron chi connectivity index (χ2n) is 8.57. The first-order valence-electron chi connectivity index (χ1n) is 10.9. The van der Waals surface area contributed by atoms with Crippen molar-refractivity contribution >= 4 is 23.6 Å². The summed E-state index contributed by atoms with van der Waals surface area (Å²) >= 11 is 0. The van der Waals surface area contributed by atoms with Crippen molar-refractivity contribution in [1.82, 2.24) is 10.6 Å². The van der Waals surface area contributed by atoms with Crippen molar-refractivity contribution in [2.24, 2.45) is 0 Å². The SMILES string of the molecule is COc1ccc(CCC(=O)Nc2ccc(CNC(=O)CNC(=O)OC(C)(C)C)cc2)cc1OC. The van der Waals surface area contributed by atoms with Gasteiger partial charge in [0.15, 0.2) is 11.5 Å². The molecule has 0 unspecified atom stereocenters. The van der Waals surface area contributed by atoms with Gasteiger partial charge in [-0.2, -0.15) is 0 Å². The molecule has 0 heterocycles. The van der Waals surface area contributed by atoms with Crippen molar-refractivity contribution in [3.63, 3.8) is 0 Å². The summed E-state index contributed by atoms with van der Waals surface area (Å²) in [5.41, 5.74) is 1.87. The lowest BCUT2D eigenvalue weighted by atomic mass is 10.1. The molecular weight excluding hydrogens is 438 g/mol. The second kappa shape index (κ2) is 12.5. The maximum Gasteiger partial charge on any atom is 0.408 e. The van der Waals surface area contributed by atoms with Crippen LogP contribution in [0.15, 0.2) is 42.5 Å². The lowest BCUT2D eigenvalue weighted by molar-refractivity contribution is -0.120. The minimum Gasteiger partial charge on any atom is -0.493 e. The summed E-state index contributed by atoms with van der Waals surface area (Å²) in [4.78, 5) is 35.8. The average molecular weight is 472 g/mol. The van der Waals surface area contributed by atoms with Gasteiger partial charge in [0.25, 0.3) is 0 Å². The number of methoxy groups -OCH3 is 2. The maximum atomic E-state index is 12.3.